The Morgan fingerprint density at radius 3 is 2.33 bits per heavy atom. The number of hydrogen-bond acceptors (Lipinski definition) is 0. The molecule has 3 rings (SSSR count). The SMILES string of the molecule is C=CCCC[SiH]1CCC(CC[C@H]2CC[C@H](c3ccc(/C(F)=C/Cl)c(F)c3)CC2)CC1. The van der Waals surface area contributed by atoms with Gasteiger partial charge in [-0.15, -0.1) is 6.58 Å². The Bertz CT molecular complexity index is 701. The number of benzene rings is 1. The molecule has 1 aromatic rings. The lowest BCUT2D eigenvalue weighted by atomic mass is 9.76. The van der Waals surface area contributed by atoms with Crippen LogP contribution in [0.4, 0.5) is 8.78 Å². The lowest BCUT2D eigenvalue weighted by Crippen LogP contribution is -2.22. The fourth-order valence-corrected chi connectivity index (χ4v) is 9.34. The van der Waals surface area contributed by atoms with Crippen molar-refractivity contribution < 1.29 is 8.78 Å². The largest absolute Gasteiger partial charge is 0.206 e. The van der Waals surface area contributed by atoms with Gasteiger partial charge >= 0.3 is 0 Å². The monoisotopic (exact) mass is 450 g/mol. The molecular weight excluding hydrogens is 414 g/mol. The number of hydrogen-bond donors (Lipinski definition) is 0. The molecule has 166 valence electrons. The van der Waals surface area contributed by atoms with Gasteiger partial charge < -0.3 is 0 Å². The van der Waals surface area contributed by atoms with E-state index in [1.165, 1.54) is 69.5 Å². The summed E-state index contributed by atoms with van der Waals surface area (Å²) in [5, 5.41) is 0. The molecule has 0 unspecified atom stereocenters. The Morgan fingerprint density at radius 1 is 1.07 bits per heavy atom. The highest BCUT2D eigenvalue weighted by Crippen LogP contribution is 2.40. The van der Waals surface area contributed by atoms with E-state index in [1.807, 2.05) is 6.07 Å². The zero-order valence-corrected chi connectivity index (χ0v) is 20.1. The van der Waals surface area contributed by atoms with E-state index in [0.717, 1.165) is 35.8 Å². The lowest BCUT2D eigenvalue weighted by molar-refractivity contribution is 0.280. The Morgan fingerprint density at radius 2 is 1.73 bits per heavy atom. The third-order valence-corrected chi connectivity index (χ3v) is 11.4. The minimum absolute atomic E-state index is 0.0408. The van der Waals surface area contributed by atoms with Gasteiger partial charge in [-0.05, 0) is 67.6 Å². The van der Waals surface area contributed by atoms with Gasteiger partial charge in [0.05, 0.1) is 0 Å². The van der Waals surface area contributed by atoms with Crippen LogP contribution in [0.25, 0.3) is 5.83 Å². The molecule has 0 nitrogen and oxygen atoms in total. The number of rotatable bonds is 9. The third kappa shape index (κ3) is 6.78. The Labute approximate surface area is 188 Å². The molecule has 1 aliphatic carbocycles. The van der Waals surface area contributed by atoms with Crippen LogP contribution < -0.4 is 0 Å². The second kappa shape index (κ2) is 12.2. The van der Waals surface area contributed by atoms with Crippen LogP contribution in [0.15, 0.2) is 36.4 Å². The maximum Gasteiger partial charge on any atom is 0.144 e. The maximum atomic E-state index is 14.2. The molecule has 0 radical (unpaired) electrons. The van der Waals surface area contributed by atoms with E-state index in [4.69, 9.17) is 11.6 Å². The van der Waals surface area contributed by atoms with Crippen molar-refractivity contribution in [3.8, 4) is 0 Å². The summed E-state index contributed by atoms with van der Waals surface area (Å²) < 4.78 is 27.8. The van der Waals surface area contributed by atoms with Crippen molar-refractivity contribution >= 4 is 26.2 Å². The molecule has 0 N–H and O–H groups in total. The molecule has 0 amide bonds. The van der Waals surface area contributed by atoms with Crippen LogP contribution in [0.3, 0.4) is 0 Å². The highest BCUT2D eigenvalue weighted by molar-refractivity contribution is 6.58. The van der Waals surface area contributed by atoms with Crippen LogP contribution in [0, 0.1) is 17.7 Å². The van der Waals surface area contributed by atoms with E-state index in [9.17, 15) is 8.78 Å². The van der Waals surface area contributed by atoms with Crippen molar-refractivity contribution in [2.75, 3.05) is 0 Å². The first-order valence-electron chi connectivity index (χ1n) is 12.0. The topological polar surface area (TPSA) is 0 Å². The molecule has 1 aliphatic heterocycles. The summed E-state index contributed by atoms with van der Waals surface area (Å²) in [6, 6.07) is 9.57. The molecule has 30 heavy (non-hydrogen) atoms. The van der Waals surface area contributed by atoms with Crippen LogP contribution in [0.1, 0.15) is 81.3 Å². The van der Waals surface area contributed by atoms with Crippen LogP contribution in [-0.2, 0) is 0 Å². The first-order valence-corrected chi connectivity index (χ1v) is 14.9. The fourth-order valence-electron chi connectivity index (χ4n) is 5.65. The van der Waals surface area contributed by atoms with E-state index < -0.39 is 20.4 Å². The summed E-state index contributed by atoms with van der Waals surface area (Å²) >= 11 is 5.38. The van der Waals surface area contributed by atoms with Crippen LogP contribution >= 0.6 is 11.6 Å². The minimum Gasteiger partial charge on any atom is -0.206 e. The van der Waals surface area contributed by atoms with Crippen molar-refractivity contribution in [1.82, 2.24) is 0 Å². The summed E-state index contributed by atoms with van der Waals surface area (Å²) in [7, 11) is -0.428. The van der Waals surface area contributed by atoms with E-state index in [0.29, 0.717) is 5.92 Å². The number of allylic oxidation sites excluding steroid dienone is 1. The second-order valence-corrected chi connectivity index (χ2v) is 13.3. The number of halogens is 3. The molecule has 0 aromatic heterocycles. The van der Waals surface area contributed by atoms with Crippen molar-refractivity contribution in [2.24, 2.45) is 11.8 Å². The predicted molar refractivity (Wildman–Crippen MR) is 129 cm³/mol. The van der Waals surface area contributed by atoms with Gasteiger partial charge in [0, 0.05) is 19.9 Å². The van der Waals surface area contributed by atoms with Crippen LogP contribution in [0.5, 0.6) is 0 Å². The van der Waals surface area contributed by atoms with Crippen molar-refractivity contribution in [3.05, 3.63) is 53.3 Å². The average Bonchev–Trinajstić information content (AvgIpc) is 2.78. The molecule has 2 aliphatic rings. The highest BCUT2D eigenvalue weighted by Gasteiger charge is 2.26. The van der Waals surface area contributed by atoms with Crippen LogP contribution in [-0.4, -0.2) is 8.80 Å². The minimum atomic E-state index is -0.710. The summed E-state index contributed by atoms with van der Waals surface area (Å²) in [6.07, 6.45) is 15.1. The van der Waals surface area contributed by atoms with Gasteiger partial charge in [-0.2, -0.15) is 0 Å². The van der Waals surface area contributed by atoms with Crippen molar-refractivity contribution in [1.29, 1.82) is 0 Å². The van der Waals surface area contributed by atoms with Crippen molar-refractivity contribution in [2.45, 2.75) is 88.3 Å². The molecule has 4 heteroatoms. The first-order chi connectivity index (χ1) is 14.6. The summed E-state index contributed by atoms with van der Waals surface area (Å²) in [5.74, 6) is 0.998. The summed E-state index contributed by atoms with van der Waals surface area (Å²) in [4.78, 5) is 0. The van der Waals surface area contributed by atoms with E-state index in [2.05, 4.69) is 12.7 Å². The Kier molecular flexibility index (Phi) is 9.64. The molecule has 1 saturated heterocycles. The van der Waals surface area contributed by atoms with Gasteiger partial charge in [-0.3, -0.25) is 0 Å². The van der Waals surface area contributed by atoms with Gasteiger partial charge in [0.2, 0.25) is 0 Å². The van der Waals surface area contributed by atoms with Gasteiger partial charge in [-0.25, -0.2) is 8.78 Å². The molecule has 0 bridgehead atoms. The normalized spacial score (nSPS) is 27.8. The molecular formula is C26H37ClF2Si. The molecule has 1 saturated carbocycles. The molecule has 0 atom stereocenters. The van der Waals surface area contributed by atoms with Crippen molar-refractivity contribution in [3.63, 3.8) is 0 Å². The van der Waals surface area contributed by atoms with E-state index >= 15 is 0 Å². The summed E-state index contributed by atoms with van der Waals surface area (Å²) in [6.45, 7) is 3.84. The molecule has 0 spiro atoms. The van der Waals surface area contributed by atoms with Gasteiger partial charge in [0.1, 0.15) is 11.6 Å². The average molecular weight is 451 g/mol. The second-order valence-electron chi connectivity index (χ2n) is 9.60. The smallest absolute Gasteiger partial charge is 0.144 e. The van der Waals surface area contributed by atoms with Gasteiger partial charge in [-0.1, -0.05) is 74.0 Å². The lowest BCUT2D eigenvalue weighted by Gasteiger charge is -2.32. The Balaban J connectivity index is 1.37. The third-order valence-electron chi connectivity index (χ3n) is 7.63. The Hall–Kier alpha value is -0.933. The molecule has 1 heterocycles. The summed E-state index contributed by atoms with van der Waals surface area (Å²) in [5.41, 5.74) is 1.76. The quantitative estimate of drug-likeness (QED) is 0.200. The fraction of sp³-hybridized carbons (Fsp3) is 0.615. The molecule has 2 fully saturated rings. The van der Waals surface area contributed by atoms with E-state index in [1.54, 1.807) is 12.1 Å². The number of unbranched alkanes of at least 4 members (excludes halogenated alkanes) is 1. The van der Waals surface area contributed by atoms with Gasteiger partial charge in [0.15, 0.2) is 0 Å². The first kappa shape index (κ1) is 23.7. The zero-order chi connectivity index (χ0) is 21.3. The van der Waals surface area contributed by atoms with Crippen LogP contribution in [0.2, 0.25) is 18.1 Å². The highest BCUT2D eigenvalue weighted by atomic mass is 35.5. The standard InChI is InChI=1S/C26H37ClF2Si/c1-2-3-4-15-30-16-13-21(14-17-30)6-5-20-7-9-22(10-8-20)23-11-12-24(25(28)18-23)26(29)19-27/h2,11-12,18-22,30H,1,3-10,13-17H2/b26-19-/t20-,21?,22-,30?. The van der Waals surface area contributed by atoms with Gasteiger partial charge in [0.25, 0.3) is 0 Å². The predicted octanol–water partition coefficient (Wildman–Crippen LogP) is 8.99. The zero-order valence-electron chi connectivity index (χ0n) is 18.2. The maximum absolute atomic E-state index is 14.2. The van der Waals surface area contributed by atoms with E-state index in [-0.39, 0.29) is 5.56 Å². The molecule has 1 aromatic carbocycles.